The molecule has 0 spiro atoms. The Morgan fingerprint density at radius 3 is 2.90 bits per heavy atom. The first-order valence-electron chi connectivity index (χ1n) is 7.32. The van der Waals surface area contributed by atoms with Gasteiger partial charge in [0.15, 0.2) is 0 Å². The number of anilines is 1. The van der Waals surface area contributed by atoms with Crippen LogP contribution in [0, 0.1) is 12.8 Å². The fourth-order valence-corrected chi connectivity index (χ4v) is 3.04. The first kappa shape index (κ1) is 13.8. The summed E-state index contributed by atoms with van der Waals surface area (Å²) in [5.41, 5.74) is 0.783. The third-order valence-corrected chi connectivity index (χ3v) is 4.07. The van der Waals surface area contributed by atoms with Crippen LogP contribution in [0.3, 0.4) is 0 Å². The third-order valence-electron chi connectivity index (χ3n) is 4.07. The maximum Gasteiger partial charge on any atom is 0.326 e. The minimum atomic E-state index is -0.815. The number of hydrogen-bond acceptors (Lipinski definition) is 5. The number of rotatable bonds is 4. The first-order valence-corrected chi connectivity index (χ1v) is 7.32. The Hall–Kier alpha value is -2.18. The molecule has 1 aliphatic carbocycles. The predicted molar refractivity (Wildman–Crippen MR) is 77.1 cm³/mol. The quantitative estimate of drug-likeness (QED) is 0.892. The first-order chi connectivity index (χ1) is 10.1. The highest BCUT2D eigenvalue weighted by atomic mass is 16.4. The summed E-state index contributed by atoms with van der Waals surface area (Å²) in [6, 6.07) is 1.21. The molecule has 1 fully saturated rings. The molecule has 0 aromatic carbocycles. The lowest BCUT2D eigenvalue weighted by Gasteiger charge is -2.28. The van der Waals surface area contributed by atoms with Crippen LogP contribution in [0.15, 0.2) is 12.4 Å². The second kappa shape index (κ2) is 5.67. The molecule has 2 aromatic rings. The lowest BCUT2D eigenvalue weighted by atomic mass is 9.84. The Morgan fingerprint density at radius 2 is 2.19 bits per heavy atom. The molecule has 0 amide bonds. The van der Waals surface area contributed by atoms with Crippen molar-refractivity contribution >= 4 is 17.6 Å². The molecule has 21 heavy (non-hydrogen) atoms. The number of fused-ring (bicyclic) bond motifs is 1. The summed E-state index contributed by atoms with van der Waals surface area (Å²) in [7, 11) is 0. The minimum absolute atomic E-state index is 0.156. The summed E-state index contributed by atoms with van der Waals surface area (Å²) >= 11 is 0. The molecular weight excluding hydrogens is 270 g/mol. The number of hydrogen-bond donors (Lipinski definition) is 2. The number of carboxylic acids is 1. The SMILES string of the molecule is Cc1cc(NC(C(=O)O)C2CCCCC2)n2ncnc2n1. The molecule has 0 bridgehead atoms. The van der Waals surface area contributed by atoms with Gasteiger partial charge >= 0.3 is 5.97 Å². The van der Waals surface area contributed by atoms with E-state index in [0.29, 0.717) is 11.6 Å². The van der Waals surface area contributed by atoms with E-state index in [9.17, 15) is 9.90 Å². The molecule has 2 aromatic heterocycles. The zero-order valence-electron chi connectivity index (χ0n) is 12.0. The number of nitrogens with zero attached hydrogens (tertiary/aromatic N) is 4. The Kier molecular flexibility index (Phi) is 3.72. The van der Waals surface area contributed by atoms with Crippen LogP contribution in [-0.2, 0) is 4.79 Å². The Labute approximate surface area is 122 Å². The van der Waals surface area contributed by atoms with Crippen molar-refractivity contribution in [2.45, 2.75) is 45.1 Å². The van der Waals surface area contributed by atoms with Gasteiger partial charge in [0, 0.05) is 11.8 Å². The number of carboxylic acid groups (broad SMARTS) is 1. The molecular formula is C14H19N5O2. The average Bonchev–Trinajstić information content (AvgIpc) is 2.93. The van der Waals surface area contributed by atoms with E-state index in [1.54, 1.807) is 10.6 Å². The van der Waals surface area contributed by atoms with E-state index >= 15 is 0 Å². The second-order valence-corrected chi connectivity index (χ2v) is 5.61. The van der Waals surface area contributed by atoms with Gasteiger partial charge in [0.2, 0.25) is 0 Å². The van der Waals surface area contributed by atoms with Gasteiger partial charge in [0.25, 0.3) is 5.78 Å². The molecule has 2 N–H and O–H groups in total. The van der Waals surface area contributed by atoms with E-state index < -0.39 is 12.0 Å². The second-order valence-electron chi connectivity index (χ2n) is 5.61. The summed E-state index contributed by atoms with van der Waals surface area (Å²) < 4.78 is 1.55. The van der Waals surface area contributed by atoms with Crippen LogP contribution < -0.4 is 5.32 Å². The molecule has 1 unspecified atom stereocenters. The maximum atomic E-state index is 11.6. The van der Waals surface area contributed by atoms with Gasteiger partial charge in [-0.2, -0.15) is 14.6 Å². The zero-order valence-corrected chi connectivity index (χ0v) is 12.0. The van der Waals surface area contributed by atoms with Crippen molar-refractivity contribution < 1.29 is 9.90 Å². The van der Waals surface area contributed by atoms with E-state index in [-0.39, 0.29) is 5.92 Å². The zero-order chi connectivity index (χ0) is 14.8. The van der Waals surface area contributed by atoms with Gasteiger partial charge in [-0.1, -0.05) is 19.3 Å². The van der Waals surface area contributed by atoms with Crippen molar-refractivity contribution in [3.05, 3.63) is 18.1 Å². The summed E-state index contributed by atoms with van der Waals surface area (Å²) in [5.74, 6) is 0.450. The van der Waals surface area contributed by atoms with E-state index in [1.165, 1.54) is 12.7 Å². The van der Waals surface area contributed by atoms with Crippen LogP contribution in [-0.4, -0.2) is 36.7 Å². The van der Waals surface area contributed by atoms with Crippen molar-refractivity contribution in [3.8, 4) is 0 Å². The fourth-order valence-electron chi connectivity index (χ4n) is 3.04. The summed E-state index contributed by atoms with van der Waals surface area (Å²) in [6.07, 6.45) is 6.73. The highest BCUT2D eigenvalue weighted by Gasteiger charge is 2.30. The van der Waals surface area contributed by atoms with Crippen molar-refractivity contribution in [3.63, 3.8) is 0 Å². The normalized spacial score (nSPS) is 17.8. The summed E-state index contributed by atoms with van der Waals surface area (Å²) in [4.78, 5) is 20.0. The van der Waals surface area contributed by atoms with Crippen LogP contribution in [0.5, 0.6) is 0 Å². The molecule has 1 atom stereocenters. The van der Waals surface area contributed by atoms with Crippen molar-refractivity contribution in [2.24, 2.45) is 5.92 Å². The van der Waals surface area contributed by atoms with Gasteiger partial charge in [-0.05, 0) is 25.7 Å². The van der Waals surface area contributed by atoms with Crippen LogP contribution >= 0.6 is 0 Å². The molecule has 112 valence electrons. The van der Waals surface area contributed by atoms with Gasteiger partial charge in [0.05, 0.1) is 0 Å². The molecule has 1 saturated carbocycles. The molecule has 7 nitrogen and oxygen atoms in total. The van der Waals surface area contributed by atoms with Crippen LogP contribution in [0.2, 0.25) is 0 Å². The number of aromatic nitrogens is 4. The molecule has 2 heterocycles. The maximum absolute atomic E-state index is 11.6. The molecule has 1 aliphatic rings. The number of aryl methyl sites for hydroxylation is 1. The topological polar surface area (TPSA) is 92.4 Å². The van der Waals surface area contributed by atoms with E-state index in [4.69, 9.17) is 0 Å². The highest BCUT2D eigenvalue weighted by Crippen LogP contribution is 2.28. The van der Waals surface area contributed by atoms with Gasteiger partial charge in [-0.25, -0.2) is 9.78 Å². The minimum Gasteiger partial charge on any atom is -0.480 e. The predicted octanol–water partition coefficient (Wildman–Crippen LogP) is 1.88. The Bertz CT molecular complexity index is 648. The summed E-state index contributed by atoms with van der Waals surface area (Å²) in [5, 5.41) is 16.8. The van der Waals surface area contributed by atoms with Gasteiger partial charge in [0.1, 0.15) is 18.2 Å². The van der Waals surface area contributed by atoms with E-state index in [1.807, 2.05) is 6.92 Å². The average molecular weight is 289 g/mol. The van der Waals surface area contributed by atoms with Gasteiger partial charge < -0.3 is 10.4 Å². The van der Waals surface area contributed by atoms with Gasteiger partial charge in [-0.3, -0.25) is 0 Å². The molecule has 0 aliphatic heterocycles. The summed E-state index contributed by atoms with van der Waals surface area (Å²) in [6.45, 7) is 1.86. The lowest BCUT2D eigenvalue weighted by Crippen LogP contribution is -2.38. The van der Waals surface area contributed by atoms with Crippen LogP contribution in [0.25, 0.3) is 5.78 Å². The Balaban J connectivity index is 1.90. The van der Waals surface area contributed by atoms with Crippen LogP contribution in [0.1, 0.15) is 37.8 Å². The standard InChI is InChI=1S/C14H19N5O2/c1-9-7-11(19-14(17-9)15-8-16-19)18-12(13(20)21)10-5-3-2-4-6-10/h7-8,10,12,18H,2-6H2,1H3,(H,20,21). The van der Waals surface area contributed by atoms with Crippen molar-refractivity contribution in [1.82, 2.24) is 19.6 Å². The molecule has 0 radical (unpaired) electrons. The lowest BCUT2D eigenvalue weighted by molar-refractivity contribution is -0.139. The third kappa shape index (κ3) is 2.81. The van der Waals surface area contributed by atoms with E-state index in [2.05, 4.69) is 20.4 Å². The van der Waals surface area contributed by atoms with Crippen molar-refractivity contribution in [2.75, 3.05) is 5.32 Å². The molecule has 0 saturated heterocycles. The molecule has 3 rings (SSSR count). The number of nitrogens with one attached hydrogen (secondary N) is 1. The number of carbonyl (C=O) groups is 1. The van der Waals surface area contributed by atoms with Crippen molar-refractivity contribution in [1.29, 1.82) is 0 Å². The number of aliphatic carboxylic acids is 1. The largest absolute Gasteiger partial charge is 0.480 e. The Morgan fingerprint density at radius 1 is 1.43 bits per heavy atom. The highest BCUT2D eigenvalue weighted by molar-refractivity contribution is 5.77. The van der Waals surface area contributed by atoms with E-state index in [0.717, 1.165) is 31.4 Å². The monoisotopic (exact) mass is 289 g/mol. The smallest absolute Gasteiger partial charge is 0.326 e. The molecule has 7 heteroatoms. The van der Waals surface area contributed by atoms with Gasteiger partial charge in [-0.15, -0.1) is 0 Å². The van der Waals surface area contributed by atoms with Crippen LogP contribution in [0.4, 0.5) is 5.82 Å². The fraction of sp³-hybridized carbons (Fsp3) is 0.571.